The van der Waals surface area contributed by atoms with E-state index in [0.717, 1.165) is 34.9 Å². The number of hydrogen-bond acceptors (Lipinski definition) is 5. The Morgan fingerprint density at radius 3 is 2.94 bits per heavy atom. The molecular formula is C27H26ClN5O2. The zero-order valence-electron chi connectivity index (χ0n) is 19.4. The topological polar surface area (TPSA) is 91.1 Å². The molecule has 7 nitrogen and oxygen atoms in total. The van der Waals surface area contributed by atoms with Gasteiger partial charge in [-0.25, -0.2) is 0 Å². The van der Waals surface area contributed by atoms with E-state index in [9.17, 15) is 4.79 Å². The van der Waals surface area contributed by atoms with Gasteiger partial charge >= 0.3 is 0 Å². The van der Waals surface area contributed by atoms with E-state index in [4.69, 9.17) is 16.3 Å². The van der Waals surface area contributed by atoms with E-state index in [1.165, 1.54) is 12.8 Å². The number of benzene rings is 1. The fraction of sp³-hybridized carbons (Fsp3) is 0.333. The number of rotatable bonds is 4. The van der Waals surface area contributed by atoms with Gasteiger partial charge in [0.15, 0.2) is 5.75 Å². The monoisotopic (exact) mass is 487 g/mol. The van der Waals surface area contributed by atoms with E-state index < -0.39 is 0 Å². The van der Waals surface area contributed by atoms with Crippen molar-refractivity contribution in [2.24, 2.45) is 5.92 Å². The molecule has 35 heavy (non-hydrogen) atoms. The second-order valence-corrected chi connectivity index (χ2v) is 9.68. The van der Waals surface area contributed by atoms with Crippen LogP contribution in [0.1, 0.15) is 40.9 Å². The number of para-hydroxylation sites is 1. The summed E-state index contributed by atoms with van der Waals surface area (Å²) in [6.45, 7) is 0.588. The van der Waals surface area contributed by atoms with Crippen LogP contribution in [0.3, 0.4) is 0 Å². The molecule has 178 valence electrons. The molecule has 4 N–H and O–H groups in total. The predicted molar refractivity (Wildman–Crippen MR) is 136 cm³/mol. The zero-order chi connectivity index (χ0) is 23.9. The van der Waals surface area contributed by atoms with Gasteiger partial charge < -0.3 is 25.7 Å². The molecule has 2 fully saturated rings. The molecule has 0 spiro atoms. The number of hydrogen-bond donors (Lipinski definition) is 4. The Morgan fingerprint density at radius 1 is 1.26 bits per heavy atom. The molecule has 3 aliphatic rings. The first-order chi connectivity index (χ1) is 17.1. The van der Waals surface area contributed by atoms with E-state index in [0.29, 0.717) is 46.7 Å². The van der Waals surface area contributed by atoms with Crippen molar-refractivity contribution in [2.45, 2.75) is 37.8 Å². The standard InChI is InChI=1S/C27H26ClN5O2/c1-35-26-19(28)3-2-4-22(26)33-25-23-21(10-12-30-27(23)34)32-24(25)18-9-11-29-14-16(18)5-7-17-13-15-6-8-20(15)31-17/h2-4,9,11,14-15,17,20,31-33H,6,8,10,12-13H2,1H3,(H,30,34)/t15-,17+,20-/m0/s1. The van der Waals surface area contributed by atoms with Gasteiger partial charge in [-0.3, -0.25) is 9.78 Å². The lowest BCUT2D eigenvalue weighted by atomic mass is 9.80. The third-order valence-electron chi connectivity index (χ3n) is 7.24. The van der Waals surface area contributed by atoms with Crippen molar-refractivity contribution in [1.82, 2.24) is 20.6 Å². The third-order valence-corrected chi connectivity index (χ3v) is 7.54. The number of aromatic nitrogens is 2. The zero-order valence-corrected chi connectivity index (χ0v) is 20.1. The van der Waals surface area contributed by atoms with Gasteiger partial charge in [0.1, 0.15) is 0 Å². The first-order valence-electron chi connectivity index (χ1n) is 12.0. The first kappa shape index (κ1) is 22.0. The summed E-state index contributed by atoms with van der Waals surface area (Å²) < 4.78 is 5.54. The maximum Gasteiger partial charge on any atom is 0.255 e. The quantitative estimate of drug-likeness (QED) is 0.413. The molecule has 2 aromatic heterocycles. The van der Waals surface area contributed by atoms with Crippen molar-refractivity contribution >= 4 is 28.9 Å². The fourth-order valence-corrected chi connectivity index (χ4v) is 5.58. The van der Waals surface area contributed by atoms with Gasteiger partial charge in [0.25, 0.3) is 5.91 Å². The van der Waals surface area contributed by atoms with Gasteiger partial charge in [-0.05, 0) is 43.4 Å². The Balaban J connectivity index is 1.44. The lowest BCUT2D eigenvalue weighted by molar-refractivity contribution is 0.0947. The molecule has 1 aliphatic carbocycles. The minimum Gasteiger partial charge on any atom is -0.493 e. The number of halogens is 1. The highest BCUT2D eigenvalue weighted by molar-refractivity contribution is 6.32. The van der Waals surface area contributed by atoms with Crippen molar-refractivity contribution in [3.05, 3.63) is 58.5 Å². The molecule has 6 rings (SSSR count). The summed E-state index contributed by atoms with van der Waals surface area (Å²) in [6, 6.07) is 8.26. The highest BCUT2D eigenvalue weighted by Gasteiger charge is 2.39. The number of H-pyrrole nitrogens is 1. The number of carbonyl (C=O) groups is 1. The maximum atomic E-state index is 12.9. The lowest BCUT2D eigenvalue weighted by Crippen LogP contribution is -2.36. The molecular weight excluding hydrogens is 462 g/mol. The van der Waals surface area contributed by atoms with Gasteiger partial charge in [-0.1, -0.05) is 29.5 Å². The normalized spacial score (nSPS) is 22.2. The number of anilines is 2. The van der Waals surface area contributed by atoms with Crippen molar-refractivity contribution in [3.8, 4) is 28.8 Å². The van der Waals surface area contributed by atoms with Crippen molar-refractivity contribution in [3.63, 3.8) is 0 Å². The second kappa shape index (κ2) is 8.95. The van der Waals surface area contributed by atoms with Crippen LogP contribution < -0.4 is 20.7 Å². The summed E-state index contributed by atoms with van der Waals surface area (Å²) in [6.07, 6.45) is 7.90. The van der Waals surface area contributed by atoms with Crippen molar-refractivity contribution in [1.29, 1.82) is 0 Å². The number of pyridine rings is 1. The number of aromatic amines is 1. The number of ether oxygens (including phenoxy) is 1. The Hall–Kier alpha value is -3.47. The van der Waals surface area contributed by atoms with Gasteiger partial charge in [0.05, 0.1) is 46.4 Å². The summed E-state index contributed by atoms with van der Waals surface area (Å²) in [5.74, 6) is 7.95. The molecule has 0 bridgehead atoms. The van der Waals surface area contributed by atoms with Gasteiger partial charge in [0, 0.05) is 42.7 Å². The molecule has 0 radical (unpaired) electrons. The predicted octanol–water partition coefficient (Wildman–Crippen LogP) is 4.26. The summed E-state index contributed by atoms with van der Waals surface area (Å²) in [7, 11) is 1.58. The number of fused-ring (bicyclic) bond motifs is 2. The number of nitrogens with zero attached hydrogens (tertiary/aromatic N) is 1. The minimum absolute atomic E-state index is 0.121. The van der Waals surface area contributed by atoms with Crippen LogP contribution in [-0.4, -0.2) is 41.6 Å². The van der Waals surface area contributed by atoms with Crippen LogP contribution in [0.2, 0.25) is 5.02 Å². The largest absolute Gasteiger partial charge is 0.493 e. The van der Waals surface area contributed by atoms with E-state index in [2.05, 4.69) is 37.8 Å². The molecule has 1 saturated carbocycles. The van der Waals surface area contributed by atoms with E-state index in [-0.39, 0.29) is 11.9 Å². The molecule has 1 aromatic carbocycles. The molecule has 3 aromatic rings. The molecule has 8 heteroatoms. The Morgan fingerprint density at radius 2 is 2.17 bits per heavy atom. The lowest BCUT2D eigenvalue weighted by Gasteiger charge is -2.28. The summed E-state index contributed by atoms with van der Waals surface area (Å²) >= 11 is 6.37. The molecule has 1 saturated heterocycles. The summed E-state index contributed by atoms with van der Waals surface area (Å²) in [4.78, 5) is 20.8. The van der Waals surface area contributed by atoms with Crippen LogP contribution in [0, 0.1) is 17.8 Å². The van der Waals surface area contributed by atoms with Crippen LogP contribution in [0.4, 0.5) is 11.4 Å². The van der Waals surface area contributed by atoms with Crippen molar-refractivity contribution < 1.29 is 9.53 Å². The SMILES string of the molecule is COc1c(Cl)cccc1Nc1c(-c2ccncc2C#C[C@@H]2C[C@@H]3CC[C@@H]3N2)[nH]c2c1C(=O)NCC2. The highest BCUT2D eigenvalue weighted by Crippen LogP contribution is 2.41. The molecule has 2 aliphatic heterocycles. The average molecular weight is 488 g/mol. The van der Waals surface area contributed by atoms with Gasteiger partial charge in [0.2, 0.25) is 0 Å². The van der Waals surface area contributed by atoms with Crippen LogP contribution >= 0.6 is 11.6 Å². The maximum absolute atomic E-state index is 12.9. The Labute approximate surface area is 209 Å². The summed E-state index contributed by atoms with van der Waals surface area (Å²) in [5, 5.41) is 10.5. The number of nitrogens with one attached hydrogen (secondary N) is 4. The second-order valence-electron chi connectivity index (χ2n) is 9.27. The Bertz CT molecular complexity index is 1360. The molecule has 0 unspecified atom stereocenters. The first-order valence-corrected chi connectivity index (χ1v) is 12.3. The van der Waals surface area contributed by atoms with Crippen molar-refractivity contribution in [2.75, 3.05) is 19.0 Å². The summed E-state index contributed by atoms with van der Waals surface area (Å²) in [5.41, 5.74) is 5.32. The van der Waals surface area contributed by atoms with E-state index in [1.54, 1.807) is 25.6 Å². The van der Waals surface area contributed by atoms with Crippen LogP contribution in [0.15, 0.2) is 36.7 Å². The molecule has 4 heterocycles. The number of methoxy groups -OCH3 is 1. The molecule has 1 amide bonds. The van der Waals surface area contributed by atoms with Crippen LogP contribution in [0.25, 0.3) is 11.3 Å². The third kappa shape index (κ3) is 3.93. The van der Waals surface area contributed by atoms with Gasteiger partial charge in [-0.15, -0.1) is 0 Å². The fourth-order valence-electron chi connectivity index (χ4n) is 5.33. The Kier molecular flexibility index (Phi) is 5.63. The van der Waals surface area contributed by atoms with Crippen LogP contribution in [-0.2, 0) is 6.42 Å². The minimum atomic E-state index is -0.121. The van der Waals surface area contributed by atoms with E-state index >= 15 is 0 Å². The highest BCUT2D eigenvalue weighted by atomic mass is 35.5. The van der Waals surface area contributed by atoms with E-state index in [1.807, 2.05) is 18.2 Å². The number of carbonyl (C=O) groups excluding carboxylic acids is 1. The number of amides is 1. The average Bonchev–Trinajstić information content (AvgIpc) is 3.36. The van der Waals surface area contributed by atoms with Crippen LogP contribution in [0.5, 0.6) is 5.75 Å². The smallest absolute Gasteiger partial charge is 0.255 e. The molecule has 3 atom stereocenters. The van der Waals surface area contributed by atoms with Gasteiger partial charge in [-0.2, -0.15) is 0 Å².